The number of benzene rings is 2. The van der Waals surface area contributed by atoms with Crippen LogP contribution in [-0.4, -0.2) is 54.6 Å². The fourth-order valence-corrected chi connectivity index (χ4v) is 4.53. The van der Waals surface area contributed by atoms with E-state index >= 15 is 0 Å². The van der Waals surface area contributed by atoms with Gasteiger partial charge in [-0.1, -0.05) is 25.5 Å². The summed E-state index contributed by atoms with van der Waals surface area (Å²) in [4.78, 5) is 26.5. The van der Waals surface area contributed by atoms with E-state index < -0.39 is 46.8 Å². The molecule has 0 bridgehead atoms. The average Bonchev–Trinajstić information content (AvgIpc) is 3.11. The summed E-state index contributed by atoms with van der Waals surface area (Å²) in [5.74, 6) is -1.29. The molecule has 0 aromatic heterocycles. The van der Waals surface area contributed by atoms with Gasteiger partial charge in [-0.05, 0) is 61.6 Å². The van der Waals surface area contributed by atoms with E-state index in [0.717, 1.165) is 17.0 Å². The lowest BCUT2D eigenvalue weighted by molar-refractivity contribution is -0.376. The van der Waals surface area contributed by atoms with Gasteiger partial charge in [0.25, 0.3) is 11.5 Å². The highest BCUT2D eigenvalue weighted by Gasteiger charge is 2.71. The number of aryl methyl sites for hydroxylation is 1. The topological polar surface area (TPSA) is 88.1 Å². The second kappa shape index (κ2) is 11.7. The maximum atomic E-state index is 14.2. The van der Waals surface area contributed by atoms with Crippen molar-refractivity contribution < 1.29 is 54.9 Å². The van der Waals surface area contributed by atoms with Crippen molar-refractivity contribution in [2.45, 2.75) is 63.0 Å². The zero-order valence-electron chi connectivity index (χ0n) is 22.4. The molecule has 1 aliphatic rings. The van der Waals surface area contributed by atoms with E-state index in [-0.39, 0.29) is 55.0 Å². The summed E-state index contributed by atoms with van der Waals surface area (Å²) in [5.41, 5.74) is -7.66. The number of hydrogen-bond acceptors (Lipinski definition) is 5. The summed E-state index contributed by atoms with van der Waals surface area (Å²) in [5, 5.41) is 12.3. The number of halogens is 7. The van der Waals surface area contributed by atoms with E-state index in [1.165, 1.54) is 26.2 Å². The van der Waals surface area contributed by atoms with Gasteiger partial charge in [0.15, 0.2) is 11.6 Å². The molecule has 14 heteroatoms. The molecule has 7 nitrogen and oxygen atoms in total. The minimum atomic E-state index is -6.01. The summed E-state index contributed by atoms with van der Waals surface area (Å²) in [6.07, 6.45) is -11.0. The Morgan fingerprint density at radius 3 is 2.17 bits per heavy atom. The van der Waals surface area contributed by atoms with E-state index in [1.807, 2.05) is 0 Å². The zero-order chi connectivity index (χ0) is 30.8. The number of unbranched alkanes of at least 4 members (excludes halogenated alkanes) is 1. The molecule has 1 unspecified atom stereocenters. The number of carbonyl (C=O) groups is 2. The molecule has 226 valence electrons. The number of rotatable bonds is 11. The van der Waals surface area contributed by atoms with Crippen molar-refractivity contribution >= 4 is 11.9 Å². The molecule has 3 rings (SSSR count). The Balaban J connectivity index is 1.65. The van der Waals surface area contributed by atoms with Gasteiger partial charge in [0.2, 0.25) is 0 Å². The van der Waals surface area contributed by atoms with Crippen LogP contribution in [0.25, 0.3) is 0 Å². The number of hydrogen-bond donors (Lipinski definition) is 2. The third kappa shape index (κ3) is 6.07. The third-order valence-corrected chi connectivity index (χ3v) is 6.86. The van der Waals surface area contributed by atoms with Crippen LogP contribution < -0.4 is 14.8 Å². The first kappa shape index (κ1) is 32.0. The molecule has 2 aromatic rings. The van der Waals surface area contributed by atoms with Crippen LogP contribution in [0.1, 0.15) is 49.8 Å². The van der Waals surface area contributed by atoms with E-state index in [0.29, 0.717) is 18.6 Å². The van der Waals surface area contributed by atoms with Gasteiger partial charge in [0.1, 0.15) is 11.3 Å². The van der Waals surface area contributed by atoms with Gasteiger partial charge < -0.3 is 19.9 Å². The molecule has 1 aliphatic heterocycles. The summed E-state index contributed by atoms with van der Waals surface area (Å²) < 4.78 is 104. The van der Waals surface area contributed by atoms with Crippen molar-refractivity contribution in [3.05, 3.63) is 58.9 Å². The Hall–Kier alpha value is -3.55. The van der Waals surface area contributed by atoms with Crippen molar-refractivity contribution in [3.63, 3.8) is 0 Å². The molecule has 3 amide bonds. The number of nitrogens with one attached hydrogen (secondary N) is 1. The van der Waals surface area contributed by atoms with Crippen LogP contribution in [0.4, 0.5) is 35.5 Å². The summed E-state index contributed by atoms with van der Waals surface area (Å²) >= 11 is 0. The Bertz CT molecular complexity index is 1270. The maximum Gasteiger partial charge on any atom is 0.430 e. The number of methoxy groups -OCH3 is 1. The van der Waals surface area contributed by atoms with Crippen molar-refractivity contribution in [3.8, 4) is 11.5 Å². The molecule has 1 atom stereocenters. The van der Waals surface area contributed by atoms with Crippen molar-refractivity contribution in [2.24, 2.45) is 0 Å². The zero-order valence-corrected chi connectivity index (χ0v) is 22.4. The molecule has 0 aliphatic carbocycles. The monoisotopic (exact) mass is 594 g/mol. The van der Waals surface area contributed by atoms with Crippen LogP contribution in [-0.2, 0) is 22.4 Å². The molecule has 1 saturated heterocycles. The molecule has 2 aromatic carbocycles. The van der Waals surface area contributed by atoms with E-state index in [2.05, 4.69) is 5.32 Å². The number of imide groups is 1. The SMILES string of the molecule is CCCc1cc(C(O)(C(F)(F)F)C(F)(F)F)ccc1OCCCCN1C(=O)NC(C)(c2ccc(OC)c(F)c2)C1=O. The maximum absolute atomic E-state index is 14.2. The molecular formula is C27H29F7N2O5. The second-order valence-electron chi connectivity index (χ2n) is 9.70. The van der Waals surface area contributed by atoms with Crippen LogP contribution in [0, 0.1) is 5.82 Å². The molecule has 1 fully saturated rings. The Morgan fingerprint density at radius 2 is 1.61 bits per heavy atom. The molecular weight excluding hydrogens is 565 g/mol. The fourth-order valence-electron chi connectivity index (χ4n) is 4.53. The first-order valence-corrected chi connectivity index (χ1v) is 12.6. The highest BCUT2D eigenvalue weighted by Crippen LogP contribution is 2.50. The van der Waals surface area contributed by atoms with Crippen LogP contribution >= 0.6 is 0 Å². The Morgan fingerprint density at radius 1 is 0.976 bits per heavy atom. The molecule has 2 N–H and O–H groups in total. The lowest BCUT2D eigenvalue weighted by Gasteiger charge is -2.33. The highest BCUT2D eigenvalue weighted by molar-refractivity contribution is 6.07. The Kier molecular flexibility index (Phi) is 9.16. The van der Waals surface area contributed by atoms with Crippen molar-refractivity contribution in [2.75, 3.05) is 20.3 Å². The summed E-state index contributed by atoms with van der Waals surface area (Å²) in [6, 6.07) is 5.30. The number of amides is 3. The lowest BCUT2D eigenvalue weighted by atomic mass is 9.90. The van der Waals surface area contributed by atoms with Crippen LogP contribution in [0.5, 0.6) is 11.5 Å². The van der Waals surface area contributed by atoms with Gasteiger partial charge in [-0.2, -0.15) is 26.3 Å². The molecule has 0 radical (unpaired) electrons. The smallest absolute Gasteiger partial charge is 0.430 e. The van der Waals surface area contributed by atoms with Gasteiger partial charge in [0.05, 0.1) is 13.7 Å². The summed E-state index contributed by atoms with van der Waals surface area (Å²) in [6.45, 7) is 3.06. The predicted molar refractivity (Wildman–Crippen MR) is 132 cm³/mol. The normalized spacial score (nSPS) is 18.1. The minimum Gasteiger partial charge on any atom is -0.494 e. The molecule has 1 heterocycles. The van der Waals surface area contributed by atoms with Gasteiger partial charge in [0, 0.05) is 12.1 Å². The molecule has 0 saturated carbocycles. The highest BCUT2D eigenvalue weighted by atomic mass is 19.4. The number of carbonyl (C=O) groups excluding carboxylic acids is 2. The number of aliphatic hydroxyl groups is 1. The first-order chi connectivity index (χ1) is 19.0. The van der Waals surface area contributed by atoms with Gasteiger partial charge >= 0.3 is 18.4 Å². The quantitative estimate of drug-likeness (QED) is 0.197. The van der Waals surface area contributed by atoms with E-state index in [1.54, 1.807) is 6.92 Å². The minimum absolute atomic E-state index is 0.0206. The number of ether oxygens (including phenoxy) is 2. The van der Waals surface area contributed by atoms with Crippen LogP contribution in [0.3, 0.4) is 0 Å². The number of nitrogens with zero attached hydrogens (tertiary/aromatic N) is 1. The molecule has 41 heavy (non-hydrogen) atoms. The average molecular weight is 595 g/mol. The third-order valence-electron chi connectivity index (χ3n) is 6.86. The van der Waals surface area contributed by atoms with Gasteiger partial charge in [-0.3, -0.25) is 9.69 Å². The number of alkyl halides is 6. The van der Waals surface area contributed by atoms with E-state index in [9.17, 15) is 45.4 Å². The first-order valence-electron chi connectivity index (χ1n) is 12.6. The van der Waals surface area contributed by atoms with Crippen LogP contribution in [0.15, 0.2) is 36.4 Å². The van der Waals surface area contributed by atoms with Crippen LogP contribution in [0.2, 0.25) is 0 Å². The van der Waals surface area contributed by atoms with Crippen molar-refractivity contribution in [1.29, 1.82) is 0 Å². The van der Waals surface area contributed by atoms with E-state index in [4.69, 9.17) is 9.47 Å². The molecule has 0 spiro atoms. The largest absolute Gasteiger partial charge is 0.494 e. The number of urea groups is 1. The lowest BCUT2D eigenvalue weighted by Crippen LogP contribution is -2.53. The standard InChI is InChI=1S/C27H29F7N2O5/c1-4-7-16-14-18(25(39,26(29,30)31)27(32,33)34)9-10-20(16)41-13-6-5-12-36-22(37)24(2,35-23(36)38)17-8-11-21(40-3)19(28)15-17/h8-11,14-15,39H,4-7,12-13H2,1-3H3,(H,35,38). The second-order valence-corrected chi connectivity index (χ2v) is 9.70. The van der Waals surface area contributed by atoms with Crippen molar-refractivity contribution in [1.82, 2.24) is 10.2 Å². The fraction of sp³-hybridized carbons (Fsp3) is 0.481. The Labute approximate surface area is 231 Å². The predicted octanol–water partition coefficient (Wildman–Crippen LogP) is 5.73. The van der Waals surface area contributed by atoms with Gasteiger partial charge in [-0.15, -0.1) is 0 Å². The van der Waals surface area contributed by atoms with Gasteiger partial charge in [-0.25, -0.2) is 9.18 Å². The summed E-state index contributed by atoms with van der Waals surface area (Å²) in [7, 11) is 1.29.